The smallest absolute Gasteiger partial charge is 0.242 e. The Morgan fingerprint density at radius 3 is 2.86 bits per heavy atom. The molecular weight excluding hydrogens is 252 g/mol. The number of nitrogens with one attached hydrogen (secondary N) is 1. The Bertz CT molecular complexity index is 253. The maximum Gasteiger partial charge on any atom is 0.242 e. The molecule has 4 heteroatoms. The van der Waals surface area contributed by atoms with Crippen LogP contribution in [-0.4, -0.2) is 17.8 Å². The van der Waals surface area contributed by atoms with Crippen LogP contribution in [0.15, 0.2) is 11.3 Å². The molecule has 0 saturated heterocycles. The molecule has 1 aliphatic heterocycles. The summed E-state index contributed by atoms with van der Waals surface area (Å²) in [4.78, 5) is -0.0406. The van der Waals surface area contributed by atoms with E-state index in [2.05, 4.69) is 21.2 Å². The highest BCUT2D eigenvalue weighted by atomic mass is 79.9. The fourth-order valence-electron chi connectivity index (χ4n) is 2.26. The minimum atomic E-state index is -2.21. The van der Waals surface area contributed by atoms with Crippen molar-refractivity contribution < 1.29 is 8.78 Å². The predicted octanol–water partition coefficient (Wildman–Crippen LogP) is 3.06. The van der Waals surface area contributed by atoms with E-state index in [1.54, 1.807) is 0 Å². The molecule has 0 spiro atoms. The number of allylic oxidation sites excluding steroid dienone is 2. The molecule has 0 aromatic rings. The highest BCUT2D eigenvalue weighted by Gasteiger charge is 2.34. The van der Waals surface area contributed by atoms with Crippen molar-refractivity contribution in [2.24, 2.45) is 5.92 Å². The maximum atomic E-state index is 12.6. The van der Waals surface area contributed by atoms with Crippen molar-refractivity contribution in [2.45, 2.75) is 36.9 Å². The van der Waals surface area contributed by atoms with Crippen LogP contribution in [0.3, 0.4) is 0 Å². The van der Waals surface area contributed by atoms with Crippen LogP contribution < -0.4 is 5.32 Å². The molecule has 0 aromatic carbocycles. The molecular formula is C10H14BrF2N. The summed E-state index contributed by atoms with van der Waals surface area (Å²) in [6, 6.07) is 0. The zero-order valence-electron chi connectivity index (χ0n) is 7.90. The lowest BCUT2D eigenvalue weighted by molar-refractivity contribution is 0.0719. The summed E-state index contributed by atoms with van der Waals surface area (Å²) in [5, 5.41) is 3.25. The van der Waals surface area contributed by atoms with E-state index in [1.165, 1.54) is 5.57 Å². The van der Waals surface area contributed by atoms with Crippen LogP contribution in [-0.2, 0) is 0 Å². The lowest BCUT2D eigenvalue weighted by atomic mass is 9.84. The Kier molecular flexibility index (Phi) is 3.10. The molecule has 0 radical (unpaired) electrons. The third kappa shape index (κ3) is 1.95. The molecule has 2 atom stereocenters. The van der Waals surface area contributed by atoms with Crippen LogP contribution in [0, 0.1) is 5.92 Å². The van der Waals surface area contributed by atoms with Crippen molar-refractivity contribution >= 4 is 15.9 Å². The Balaban J connectivity index is 2.13. The molecule has 1 heterocycles. The second kappa shape index (κ2) is 4.17. The first-order chi connectivity index (χ1) is 6.68. The van der Waals surface area contributed by atoms with Crippen molar-refractivity contribution in [3.8, 4) is 0 Å². The van der Waals surface area contributed by atoms with Crippen LogP contribution in [0.2, 0.25) is 0 Å². The van der Waals surface area contributed by atoms with Crippen LogP contribution in [0.25, 0.3) is 0 Å². The Labute approximate surface area is 91.1 Å². The molecule has 2 rings (SSSR count). The van der Waals surface area contributed by atoms with Gasteiger partial charge in [-0.15, -0.1) is 0 Å². The minimum absolute atomic E-state index is 0.0406. The summed E-state index contributed by atoms with van der Waals surface area (Å²) < 4.78 is 25.3. The van der Waals surface area contributed by atoms with Gasteiger partial charge in [-0.2, -0.15) is 0 Å². The van der Waals surface area contributed by atoms with E-state index in [9.17, 15) is 8.78 Å². The van der Waals surface area contributed by atoms with Gasteiger partial charge in [-0.25, -0.2) is 8.78 Å². The average molecular weight is 266 g/mol. The van der Waals surface area contributed by atoms with Crippen molar-refractivity contribution in [2.75, 3.05) is 6.54 Å². The first-order valence-corrected chi connectivity index (χ1v) is 5.97. The van der Waals surface area contributed by atoms with Crippen molar-refractivity contribution in [1.29, 1.82) is 0 Å². The zero-order valence-corrected chi connectivity index (χ0v) is 9.49. The van der Waals surface area contributed by atoms with E-state index < -0.39 is 12.3 Å². The number of rotatable bonds is 1. The standard InChI is InChI=1S/C10H14BrF2N/c11-8-4-6-2-1-3-14-9(6)5-7(8)10(12)13/h7-8,10,14H,1-5H2. The lowest BCUT2D eigenvalue weighted by Crippen LogP contribution is -2.34. The van der Waals surface area contributed by atoms with E-state index in [1.807, 2.05) is 0 Å². The van der Waals surface area contributed by atoms with Crippen LogP contribution in [0.5, 0.6) is 0 Å². The van der Waals surface area contributed by atoms with E-state index in [0.717, 1.165) is 31.5 Å². The van der Waals surface area contributed by atoms with Gasteiger partial charge in [0.25, 0.3) is 0 Å². The molecule has 0 fully saturated rings. The molecule has 1 nitrogen and oxygen atoms in total. The second-order valence-electron chi connectivity index (χ2n) is 4.03. The summed E-state index contributed by atoms with van der Waals surface area (Å²) >= 11 is 3.38. The number of hydrogen-bond donors (Lipinski definition) is 1. The van der Waals surface area contributed by atoms with Gasteiger partial charge in [0.1, 0.15) is 0 Å². The van der Waals surface area contributed by atoms with Crippen molar-refractivity contribution in [3.05, 3.63) is 11.3 Å². The minimum Gasteiger partial charge on any atom is -0.388 e. The molecule has 0 bridgehead atoms. The Hall–Kier alpha value is -0.120. The largest absolute Gasteiger partial charge is 0.388 e. The SMILES string of the molecule is FC(F)C1CC2=C(CCCN2)CC1Br. The molecule has 0 aromatic heterocycles. The summed E-state index contributed by atoms with van der Waals surface area (Å²) in [5.41, 5.74) is 2.45. The molecule has 0 saturated carbocycles. The van der Waals surface area contributed by atoms with Crippen LogP contribution in [0.1, 0.15) is 25.7 Å². The normalized spacial score (nSPS) is 32.9. The maximum absolute atomic E-state index is 12.6. The summed E-state index contributed by atoms with van der Waals surface area (Å²) in [5.74, 6) is -0.514. The van der Waals surface area contributed by atoms with Crippen molar-refractivity contribution in [3.63, 3.8) is 0 Å². The number of halogens is 3. The van der Waals surface area contributed by atoms with E-state index in [0.29, 0.717) is 6.42 Å². The number of alkyl halides is 3. The van der Waals surface area contributed by atoms with Gasteiger partial charge in [-0.3, -0.25) is 0 Å². The first kappa shape index (κ1) is 10.4. The molecule has 14 heavy (non-hydrogen) atoms. The first-order valence-electron chi connectivity index (χ1n) is 5.05. The summed E-state index contributed by atoms with van der Waals surface area (Å²) in [7, 11) is 0. The molecule has 0 amide bonds. The van der Waals surface area contributed by atoms with Gasteiger partial charge in [0.05, 0.1) is 0 Å². The van der Waals surface area contributed by atoms with E-state index >= 15 is 0 Å². The Morgan fingerprint density at radius 2 is 2.14 bits per heavy atom. The average Bonchev–Trinajstić information content (AvgIpc) is 2.16. The third-order valence-corrected chi connectivity index (χ3v) is 4.09. The topological polar surface area (TPSA) is 12.0 Å². The summed E-state index contributed by atoms with van der Waals surface area (Å²) in [6.45, 7) is 0.946. The highest BCUT2D eigenvalue weighted by molar-refractivity contribution is 9.09. The van der Waals surface area contributed by atoms with E-state index in [4.69, 9.17) is 0 Å². The highest BCUT2D eigenvalue weighted by Crippen LogP contribution is 2.39. The summed E-state index contributed by atoms with van der Waals surface area (Å²) in [6.07, 6.45) is 1.32. The molecule has 1 N–H and O–H groups in total. The molecule has 2 unspecified atom stereocenters. The van der Waals surface area contributed by atoms with Crippen LogP contribution >= 0.6 is 15.9 Å². The molecule has 2 aliphatic rings. The van der Waals surface area contributed by atoms with Gasteiger partial charge in [-0.1, -0.05) is 21.5 Å². The quantitative estimate of drug-likeness (QED) is 0.719. The van der Waals surface area contributed by atoms with Crippen LogP contribution in [0.4, 0.5) is 8.78 Å². The monoisotopic (exact) mass is 265 g/mol. The Morgan fingerprint density at radius 1 is 1.36 bits per heavy atom. The molecule has 80 valence electrons. The van der Waals surface area contributed by atoms with Gasteiger partial charge >= 0.3 is 0 Å². The van der Waals surface area contributed by atoms with Crippen molar-refractivity contribution in [1.82, 2.24) is 5.32 Å². The lowest BCUT2D eigenvalue weighted by Gasteiger charge is -2.34. The van der Waals surface area contributed by atoms with Gasteiger partial charge in [0, 0.05) is 23.0 Å². The van der Waals surface area contributed by atoms with Gasteiger partial charge in [0.2, 0.25) is 6.43 Å². The van der Waals surface area contributed by atoms with Gasteiger partial charge < -0.3 is 5.32 Å². The van der Waals surface area contributed by atoms with E-state index in [-0.39, 0.29) is 4.83 Å². The molecule has 1 aliphatic carbocycles. The fourth-order valence-corrected chi connectivity index (χ4v) is 3.06. The number of hydrogen-bond acceptors (Lipinski definition) is 1. The second-order valence-corrected chi connectivity index (χ2v) is 5.21. The fraction of sp³-hybridized carbons (Fsp3) is 0.800. The predicted molar refractivity (Wildman–Crippen MR) is 55.7 cm³/mol. The van der Waals surface area contributed by atoms with Gasteiger partial charge in [0.15, 0.2) is 0 Å². The van der Waals surface area contributed by atoms with Gasteiger partial charge in [-0.05, 0) is 25.7 Å². The third-order valence-electron chi connectivity index (χ3n) is 3.09. The zero-order chi connectivity index (χ0) is 10.1.